The predicted molar refractivity (Wildman–Crippen MR) is 109 cm³/mol. The van der Waals surface area contributed by atoms with Crippen molar-refractivity contribution in [2.24, 2.45) is 0 Å². The molecule has 0 saturated carbocycles. The Hall–Kier alpha value is -2.51. The van der Waals surface area contributed by atoms with Crippen molar-refractivity contribution in [3.63, 3.8) is 0 Å². The lowest BCUT2D eigenvalue weighted by molar-refractivity contribution is 0.290. The summed E-state index contributed by atoms with van der Waals surface area (Å²) in [7, 11) is -3.61. The van der Waals surface area contributed by atoms with Gasteiger partial charge in [0.15, 0.2) is 0 Å². The highest BCUT2D eigenvalue weighted by molar-refractivity contribution is 7.89. The zero-order valence-corrected chi connectivity index (χ0v) is 17.2. The molecule has 0 amide bonds. The van der Waals surface area contributed by atoms with Gasteiger partial charge >= 0.3 is 0 Å². The van der Waals surface area contributed by atoms with E-state index in [1.54, 1.807) is 6.07 Å². The van der Waals surface area contributed by atoms with E-state index in [2.05, 4.69) is 10.1 Å². The highest BCUT2D eigenvalue weighted by Gasteiger charge is 2.39. The number of nitrogens with zero attached hydrogens (tertiary/aromatic N) is 3. The summed E-state index contributed by atoms with van der Waals surface area (Å²) < 4.78 is 33.8. The number of benzene rings is 2. The SMILES string of the molecule is Cc1ccc(-c2noc([C@@H]3CCCN3S(=O)(=O)c3ccc4c(c3)CCC4)n2)cc1. The van der Waals surface area contributed by atoms with Crippen LogP contribution in [0.5, 0.6) is 0 Å². The molecule has 2 aromatic carbocycles. The van der Waals surface area contributed by atoms with Gasteiger partial charge in [-0.3, -0.25) is 0 Å². The fourth-order valence-corrected chi connectivity index (χ4v) is 6.01. The van der Waals surface area contributed by atoms with Gasteiger partial charge in [0.25, 0.3) is 0 Å². The summed E-state index contributed by atoms with van der Waals surface area (Å²) in [6.07, 6.45) is 4.53. The molecule has 6 nitrogen and oxygen atoms in total. The predicted octanol–water partition coefficient (Wildman–Crippen LogP) is 4.06. The van der Waals surface area contributed by atoms with E-state index in [0.29, 0.717) is 29.6 Å². The summed E-state index contributed by atoms with van der Waals surface area (Å²) in [5, 5.41) is 4.09. The quantitative estimate of drug-likeness (QED) is 0.649. The van der Waals surface area contributed by atoms with Crippen molar-refractivity contribution in [3.05, 3.63) is 65.0 Å². The molecule has 150 valence electrons. The second-order valence-electron chi connectivity index (χ2n) is 7.88. The average Bonchev–Trinajstić information content (AvgIpc) is 3.46. The maximum absolute atomic E-state index is 13.4. The van der Waals surface area contributed by atoms with Crippen molar-refractivity contribution < 1.29 is 12.9 Å². The molecule has 1 saturated heterocycles. The number of fused-ring (bicyclic) bond motifs is 1. The van der Waals surface area contributed by atoms with E-state index in [-0.39, 0.29) is 0 Å². The lowest BCUT2D eigenvalue weighted by Gasteiger charge is -2.21. The summed E-state index contributed by atoms with van der Waals surface area (Å²) in [6, 6.07) is 13.0. The van der Waals surface area contributed by atoms with Crippen LogP contribution in [0.1, 0.15) is 47.9 Å². The lowest BCUT2D eigenvalue weighted by atomic mass is 10.1. The molecule has 3 aromatic rings. The normalized spacial score (nSPS) is 19.6. The molecule has 7 heteroatoms. The molecule has 1 aromatic heterocycles. The molecule has 5 rings (SSSR count). The van der Waals surface area contributed by atoms with E-state index in [9.17, 15) is 8.42 Å². The van der Waals surface area contributed by atoms with Gasteiger partial charge in [0, 0.05) is 12.1 Å². The number of hydrogen-bond donors (Lipinski definition) is 0. The van der Waals surface area contributed by atoms with E-state index in [1.807, 2.05) is 43.3 Å². The summed E-state index contributed by atoms with van der Waals surface area (Å²) in [6.45, 7) is 2.48. The average molecular weight is 410 g/mol. The van der Waals surface area contributed by atoms with Gasteiger partial charge in [0.05, 0.1) is 4.90 Å². The molecule has 0 spiro atoms. The third-order valence-electron chi connectivity index (χ3n) is 5.92. The van der Waals surface area contributed by atoms with Crippen molar-refractivity contribution in [1.82, 2.24) is 14.4 Å². The van der Waals surface area contributed by atoms with Gasteiger partial charge in [-0.2, -0.15) is 9.29 Å². The van der Waals surface area contributed by atoms with Gasteiger partial charge in [0.2, 0.25) is 21.7 Å². The van der Waals surface area contributed by atoms with Crippen LogP contribution in [0.2, 0.25) is 0 Å². The topological polar surface area (TPSA) is 76.3 Å². The molecule has 1 fully saturated rings. The van der Waals surface area contributed by atoms with E-state index < -0.39 is 16.1 Å². The minimum atomic E-state index is -3.61. The van der Waals surface area contributed by atoms with Crippen LogP contribution >= 0.6 is 0 Å². The number of sulfonamides is 1. The van der Waals surface area contributed by atoms with Gasteiger partial charge in [0.1, 0.15) is 6.04 Å². The molecular formula is C22H23N3O3S. The van der Waals surface area contributed by atoms with Crippen molar-refractivity contribution in [1.29, 1.82) is 0 Å². The van der Waals surface area contributed by atoms with Crippen LogP contribution in [0, 0.1) is 6.92 Å². The van der Waals surface area contributed by atoms with Gasteiger partial charge in [-0.1, -0.05) is 41.1 Å². The second-order valence-corrected chi connectivity index (χ2v) is 9.77. The molecular weight excluding hydrogens is 386 g/mol. The maximum atomic E-state index is 13.4. The first-order chi connectivity index (χ1) is 14.0. The standard InChI is InChI=1S/C22H23N3O3S/c1-15-7-9-17(10-8-15)21-23-22(28-24-21)20-6-3-13-25(20)29(26,27)19-12-11-16-4-2-5-18(16)14-19/h7-12,14,20H,2-6,13H2,1H3/t20-/m0/s1. The highest BCUT2D eigenvalue weighted by Crippen LogP contribution is 2.37. The number of aromatic nitrogens is 2. The molecule has 29 heavy (non-hydrogen) atoms. The van der Waals surface area contributed by atoms with Crippen LogP contribution in [-0.2, 0) is 22.9 Å². The largest absolute Gasteiger partial charge is 0.337 e. The Morgan fingerprint density at radius 3 is 2.66 bits per heavy atom. The molecule has 1 aliphatic carbocycles. The molecule has 1 aliphatic heterocycles. The van der Waals surface area contributed by atoms with E-state index in [1.165, 1.54) is 9.87 Å². The van der Waals surface area contributed by atoms with Crippen molar-refractivity contribution in [2.75, 3.05) is 6.54 Å². The van der Waals surface area contributed by atoms with Gasteiger partial charge in [-0.15, -0.1) is 0 Å². The zero-order valence-electron chi connectivity index (χ0n) is 16.3. The fourth-order valence-electron chi connectivity index (χ4n) is 4.31. The first-order valence-corrected chi connectivity index (χ1v) is 11.5. The van der Waals surface area contributed by atoms with Crippen LogP contribution in [0.25, 0.3) is 11.4 Å². The maximum Gasteiger partial charge on any atom is 0.245 e. The molecule has 2 heterocycles. The van der Waals surface area contributed by atoms with Crippen molar-refractivity contribution in [3.8, 4) is 11.4 Å². The first kappa shape index (κ1) is 18.5. The highest BCUT2D eigenvalue weighted by atomic mass is 32.2. The minimum absolute atomic E-state index is 0.364. The van der Waals surface area contributed by atoms with Gasteiger partial charge in [-0.05, 0) is 62.3 Å². The Balaban J connectivity index is 1.45. The summed E-state index contributed by atoms with van der Waals surface area (Å²) in [4.78, 5) is 4.89. The molecule has 2 aliphatic rings. The Labute approximate surface area is 170 Å². The summed E-state index contributed by atoms with van der Waals surface area (Å²) >= 11 is 0. The Morgan fingerprint density at radius 2 is 1.83 bits per heavy atom. The van der Waals surface area contributed by atoms with Crippen LogP contribution in [0.15, 0.2) is 51.9 Å². The van der Waals surface area contributed by atoms with E-state index in [0.717, 1.165) is 42.4 Å². The molecule has 0 radical (unpaired) electrons. The van der Waals surface area contributed by atoms with E-state index >= 15 is 0 Å². The van der Waals surface area contributed by atoms with Crippen LogP contribution in [0.3, 0.4) is 0 Å². The van der Waals surface area contributed by atoms with Crippen LogP contribution in [0.4, 0.5) is 0 Å². The number of rotatable bonds is 4. The Morgan fingerprint density at radius 1 is 1.03 bits per heavy atom. The number of hydrogen-bond acceptors (Lipinski definition) is 5. The third kappa shape index (κ3) is 3.28. The Bertz CT molecular complexity index is 1150. The minimum Gasteiger partial charge on any atom is -0.337 e. The monoisotopic (exact) mass is 409 g/mol. The van der Waals surface area contributed by atoms with Crippen LogP contribution < -0.4 is 0 Å². The third-order valence-corrected chi connectivity index (χ3v) is 7.82. The van der Waals surface area contributed by atoms with Crippen LogP contribution in [-0.4, -0.2) is 29.4 Å². The van der Waals surface area contributed by atoms with Gasteiger partial charge in [-0.25, -0.2) is 8.42 Å². The molecule has 0 unspecified atom stereocenters. The molecule has 0 bridgehead atoms. The first-order valence-electron chi connectivity index (χ1n) is 10.1. The smallest absolute Gasteiger partial charge is 0.245 e. The fraction of sp³-hybridized carbons (Fsp3) is 0.364. The second kappa shape index (κ2) is 7.07. The summed E-state index contributed by atoms with van der Waals surface area (Å²) in [5.74, 6) is 0.851. The van der Waals surface area contributed by atoms with Crippen molar-refractivity contribution in [2.45, 2.75) is 50.0 Å². The van der Waals surface area contributed by atoms with Crippen molar-refractivity contribution >= 4 is 10.0 Å². The molecule has 0 N–H and O–H groups in total. The zero-order chi connectivity index (χ0) is 20.0. The molecule has 1 atom stereocenters. The lowest BCUT2D eigenvalue weighted by Crippen LogP contribution is -2.31. The number of aryl methyl sites for hydroxylation is 3. The summed E-state index contributed by atoms with van der Waals surface area (Å²) in [5.41, 5.74) is 4.43. The van der Waals surface area contributed by atoms with E-state index in [4.69, 9.17) is 4.52 Å². The van der Waals surface area contributed by atoms with Gasteiger partial charge < -0.3 is 4.52 Å². The Kier molecular flexibility index (Phi) is 4.52.